The highest BCUT2D eigenvalue weighted by atomic mass is 32.2. The smallest absolute Gasteiger partial charge is 0.379 e. The molecule has 0 amide bonds. The molecule has 3 rings (SSSR count). The Balaban J connectivity index is 1.87. The fourth-order valence-corrected chi connectivity index (χ4v) is 6.17. The van der Waals surface area contributed by atoms with Crippen LogP contribution < -0.4 is 0 Å². The quantitative estimate of drug-likeness (QED) is 0.744. The predicted octanol–water partition coefficient (Wildman–Crippen LogP) is 2.53. The largest absolute Gasteiger partial charge is 0.416 e. The molecule has 5 nitrogen and oxygen atoms in total. The minimum atomic E-state index is -4.58. The Morgan fingerprint density at radius 2 is 1.93 bits per heavy atom. The third-order valence-corrected chi connectivity index (χ3v) is 7.87. The third kappa shape index (κ3) is 5.17. The van der Waals surface area contributed by atoms with E-state index in [1.807, 2.05) is 0 Å². The zero-order chi connectivity index (χ0) is 19.5. The number of alkyl halides is 3. The molecule has 0 spiro atoms. The summed E-state index contributed by atoms with van der Waals surface area (Å²) in [7, 11) is -4.01. The molecular weight excluding hydrogens is 401 g/mol. The van der Waals surface area contributed by atoms with E-state index in [2.05, 4.69) is 4.90 Å². The van der Waals surface area contributed by atoms with Crippen LogP contribution in [0.5, 0.6) is 0 Å². The molecule has 2 aliphatic heterocycles. The number of thioether (sulfide) groups is 1. The Hall–Kier alpha value is -0.810. The van der Waals surface area contributed by atoms with Crippen LogP contribution in [-0.4, -0.2) is 74.6 Å². The molecule has 2 saturated heterocycles. The van der Waals surface area contributed by atoms with Crippen LogP contribution in [0, 0.1) is 0 Å². The van der Waals surface area contributed by atoms with Gasteiger partial charge in [0, 0.05) is 38.0 Å². The molecule has 1 atom stereocenters. The standard InChI is InChI=1S/C17H23F3N2O3S2/c18-17(19,20)14-3-1-4-16(11-14)27(23,24)22-5-2-10-26-13-15(22)12-21-6-8-25-9-7-21/h1,3-4,11,15H,2,5-10,12-13H2. The van der Waals surface area contributed by atoms with Gasteiger partial charge in [-0.25, -0.2) is 8.42 Å². The second-order valence-electron chi connectivity index (χ2n) is 6.64. The summed E-state index contributed by atoms with van der Waals surface area (Å²) in [5.41, 5.74) is -0.947. The average molecular weight is 425 g/mol. The number of sulfonamides is 1. The summed E-state index contributed by atoms with van der Waals surface area (Å²) in [6, 6.07) is 3.75. The van der Waals surface area contributed by atoms with Crippen molar-refractivity contribution in [1.29, 1.82) is 0 Å². The topological polar surface area (TPSA) is 49.9 Å². The monoisotopic (exact) mass is 424 g/mol. The van der Waals surface area contributed by atoms with Gasteiger partial charge in [0.15, 0.2) is 0 Å². The van der Waals surface area contributed by atoms with Crippen molar-refractivity contribution < 1.29 is 26.3 Å². The van der Waals surface area contributed by atoms with Gasteiger partial charge in [0.05, 0.1) is 23.7 Å². The molecule has 1 unspecified atom stereocenters. The summed E-state index contributed by atoms with van der Waals surface area (Å²) < 4.78 is 72.1. The minimum Gasteiger partial charge on any atom is -0.379 e. The summed E-state index contributed by atoms with van der Waals surface area (Å²) in [6.45, 7) is 3.58. The first-order valence-electron chi connectivity index (χ1n) is 8.85. The van der Waals surface area contributed by atoms with Gasteiger partial charge in [-0.05, 0) is 30.4 Å². The first-order valence-corrected chi connectivity index (χ1v) is 11.4. The molecule has 2 fully saturated rings. The van der Waals surface area contributed by atoms with Crippen LogP contribution in [0.15, 0.2) is 29.2 Å². The number of rotatable bonds is 4. The second-order valence-corrected chi connectivity index (χ2v) is 9.68. The molecule has 0 bridgehead atoms. The lowest BCUT2D eigenvalue weighted by molar-refractivity contribution is -0.137. The summed E-state index contributed by atoms with van der Waals surface area (Å²) in [5, 5.41) is 0. The Bertz CT molecular complexity index is 737. The zero-order valence-corrected chi connectivity index (χ0v) is 16.5. The van der Waals surface area contributed by atoms with Crippen LogP contribution in [0.25, 0.3) is 0 Å². The highest BCUT2D eigenvalue weighted by molar-refractivity contribution is 7.99. The van der Waals surface area contributed by atoms with E-state index in [0.717, 1.165) is 37.0 Å². The lowest BCUT2D eigenvalue weighted by atomic mass is 10.2. The molecule has 2 aliphatic rings. The molecule has 0 N–H and O–H groups in total. The third-order valence-electron chi connectivity index (χ3n) is 4.73. The van der Waals surface area contributed by atoms with Crippen LogP contribution >= 0.6 is 11.8 Å². The van der Waals surface area contributed by atoms with Crippen molar-refractivity contribution in [3.8, 4) is 0 Å². The fourth-order valence-electron chi connectivity index (χ4n) is 3.32. The molecule has 0 aliphatic carbocycles. The summed E-state index contributed by atoms with van der Waals surface area (Å²) >= 11 is 1.69. The van der Waals surface area contributed by atoms with Crippen molar-refractivity contribution in [2.75, 3.05) is 50.9 Å². The van der Waals surface area contributed by atoms with Crippen LogP contribution in [0.3, 0.4) is 0 Å². The van der Waals surface area contributed by atoms with Gasteiger partial charge in [-0.3, -0.25) is 4.90 Å². The van der Waals surface area contributed by atoms with E-state index in [4.69, 9.17) is 4.74 Å². The van der Waals surface area contributed by atoms with Crippen molar-refractivity contribution >= 4 is 21.8 Å². The Morgan fingerprint density at radius 1 is 1.19 bits per heavy atom. The Labute approximate surface area is 161 Å². The van der Waals surface area contributed by atoms with E-state index in [1.54, 1.807) is 11.8 Å². The van der Waals surface area contributed by atoms with Gasteiger partial charge in [0.1, 0.15) is 0 Å². The maximum Gasteiger partial charge on any atom is 0.416 e. The van der Waals surface area contributed by atoms with Crippen molar-refractivity contribution in [3.05, 3.63) is 29.8 Å². The minimum absolute atomic E-state index is 0.268. The number of hydrogen-bond acceptors (Lipinski definition) is 5. The maximum absolute atomic E-state index is 13.2. The zero-order valence-electron chi connectivity index (χ0n) is 14.8. The number of nitrogens with zero attached hydrogens (tertiary/aromatic N) is 2. The SMILES string of the molecule is O=S(=O)(c1cccc(C(F)(F)F)c1)N1CCCSCC1CN1CCOCC1. The van der Waals surface area contributed by atoms with Crippen molar-refractivity contribution in [2.24, 2.45) is 0 Å². The Morgan fingerprint density at radius 3 is 2.63 bits per heavy atom. The number of ether oxygens (including phenoxy) is 1. The predicted molar refractivity (Wildman–Crippen MR) is 98.3 cm³/mol. The Kier molecular flexibility index (Phi) is 6.73. The van der Waals surface area contributed by atoms with Crippen LogP contribution in [0.1, 0.15) is 12.0 Å². The summed E-state index contributed by atoms with van der Waals surface area (Å²) in [4.78, 5) is 1.87. The van der Waals surface area contributed by atoms with Gasteiger partial charge in [-0.15, -0.1) is 0 Å². The van der Waals surface area contributed by atoms with Crippen molar-refractivity contribution in [3.63, 3.8) is 0 Å². The lowest BCUT2D eigenvalue weighted by Crippen LogP contribution is -2.50. The van der Waals surface area contributed by atoms with E-state index in [1.165, 1.54) is 10.4 Å². The molecule has 152 valence electrons. The molecule has 0 saturated carbocycles. The van der Waals surface area contributed by atoms with Gasteiger partial charge in [-0.2, -0.15) is 29.2 Å². The molecule has 1 aromatic carbocycles. The number of halogens is 3. The number of benzene rings is 1. The average Bonchev–Trinajstić information content (AvgIpc) is 2.88. The van der Waals surface area contributed by atoms with Gasteiger partial charge < -0.3 is 4.74 Å². The normalized spacial score (nSPS) is 23.9. The molecule has 27 heavy (non-hydrogen) atoms. The molecule has 10 heteroatoms. The van der Waals surface area contributed by atoms with Crippen LogP contribution in [-0.2, 0) is 20.9 Å². The van der Waals surface area contributed by atoms with E-state index < -0.39 is 21.8 Å². The fraction of sp³-hybridized carbons (Fsp3) is 0.647. The van der Waals surface area contributed by atoms with Crippen LogP contribution in [0.2, 0.25) is 0 Å². The first kappa shape index (κ1) is 20.9. The van der Waals surface area contributed by atoms with Crippen molar-refractivity contribution in [2.45, 2.75) is 23.5 Å². The van der Waals surface area contributed by atoms with Gasteiger partial charge in [0.25, 0.3) is 0 Å². The van der Waals surface area contributed by atoms with E-state index >= 15 is 0 Å². The van der Waals surface area contributed by atoms with Gasteiger partial charge in [0.2, 0.25) is 10.0 Å². The summed E-state index contributed by atoms with van der Waals surface area (Å²) in [5.74, 6) is 1.48. The van der Waals surface area contributed by atoms with E-state index in [0.29, 0.717) is 38.5 Å². The maximum atomic E-state index is 13.2. The van der Waals surface area contributed by atoms with Crippen LogP contribution in [0.4, 0.5) is 13.2 Å². The molecule has 1 aromatic rings. The van der Waals surface area contributed by atoms with Gasteiger partial charge >= 0.3 is 6.18 Å². The molecular formula is C17H23F3N2O3S2. The molecule has 2 heterocycles. The van der Waals surface area contributed by atoms with E-state index in [-0.39, 0.29) is 10.9 Å². The highest BCUT2D eigenvalue weighted by Gasteiger charge is 2.36. The number of morpholine rings is 1. The summed E-state index contributed by atoms with van der Waals surface area (Å²) in [6.07, 6.45) is -3.89. The highest BCUT2D eigenvalue weighted by Crippen LogP contribution is 2.32. The molecule has 0 aromatic heterocycles. The first-order chi connectivity index (χ1) is 12.8. The van der Waals surface area contributed by atoms with E-state index in [9.17, 15) is 21.6 Å². The van der Waals surface area contributed by atoms with Crippen molar-refractivity contribution in [1.82, 2.24) is 9.21 Å². The lowest BCUT2D eigenvalue weighted by Gasteiger charge is -2.35. The number of hydrogen-bond donors (Lipinski definition) is 0. The second kappa shape index (κ2) is 8.69. The van der Waals surface area contributed by atoms with Gasteiger partial charge in [-0.1, -0.05) is 6.07 Å². The molecule has 0 radical (unpaired) electrons.